The van der Waals surface area contributed by atoms with E-state index in [1.807, 2.05) is 20.2 Å². The Balaban J connectivity index is 0.00000256. The van der Waals surface area contributed by atoms with E-state index in [2.05, 4.69) is 25.2 Å². The summed E-state index contributed by atoms with van der Waals surface area (Å²) in [5.74, 6) is -1.62. The lowest BCUT2D eigenvalue weighted by Crippen LogP contribution is -2.31. The maximum Gasteiger partial charge on any atom is 0.246 e. The molecule has 3 aromatic rings. The van der Waals surface area contributed by atoms with Crippen LogP contribution in [0.25, 0.3) is 5.69 Å². The molecule has 29 heavy (non-hydrogen) atoms. The van der Waals surface area contributed by atoms with E-state index in [4.69, 9.17) is 0 Å². The van der Waals surface area contributed by atoms with Crippen LogP contribution in [-0.4, -0.2) is 52.9 Å². The molecule has 9 heteroatoms. The lowest BCUT2D eigenvalue weighted by atomic mass is 10.2. The van der Waals surface area contributed by atoms with Gasteiger partial charge < -0.3 is 15.1 Å². The molecular formula is C20H23F3N6. The van der Waals surface area contributed by atoms with Gasteiger partial charge in [0.05, 0.1) is 0 Å². The van der Waals surface area contributed by atoms with Crippen molar-refractivity contribution >= 4 is 17.3 Å². The van der Waals surface area contributed by atoms with Crippen LogP contribution in [0.5, 0.6) is 0 Å². The fraction of sp³-hybridized carbons (Fsp3) is 0.300. The van der Waals surface area contributed by atoms with Gasteiger partial charge in [-0.2, -0.15) is 4.98 Å². The molecule has 1 aliphatic heterocycles. The van der Waals surface area contributed by atoms with Gasteiger partial charge in [0.25, 0.3) is 0 Å². The van der Waals surface area contributed by atoms with Gasteiger partial charge in [0, 0.05) is 38.0 Å². The zero-order valence-electron chi connectivity index (χ0n) is 16.1. The average Bonchev–Trinajstić information content (AvgIpc) is 3.31. The van der Waals surface area contributed by atoms with E-state index < -0.39 is 11.6 Å². The van der Waals surface area contributed by atoms with Crippen molar-refractivity contribution in [3.05, 3.63) is 60.2 Å². The topological polar surface area (TPSA) is 49.2 Å². The molecule has 0 bridgehead atoms. The summed E-state index contributed by atoms with van der Waals surface area (Å²) in [6, 6.07) is 8.31. The molecule has 0 radical (unpaired) electrons. The average molecular weight is 404 g/mol. The molecule has 0 amide bonds. The summed E-state index contributed by atoms with van der Waals surface area (Å²) < 4.78 is 42.4. The monoisotopic (exact) mass is 404 g/mol. The molecule has 0 saturated carbocycles. The molecule has 1 unspecified atom stereocenters. The number of nitrogens with one attached hydrogen (secondary N) is 1. The van der Waals surface area contributed by atoms with E-state index in [1.54, 1.807) is 0 Å². The van der Waals surface area contributed by atoms with Crippen LogP contribution < -0.4 is 10.2 Å². The van der Waals surface area contributed by atoms with Crippen molar-refractivity contribution in [1.29, 1.82) is 0 Å². The third kappa shape index (κ3) is 4.19. The molecule has 2 aromatic carbocycles. The highest BCUT2D eigenvalue weighted by Crippen LogP contribution is 2.27. The van der Waals surface area contributed by atoms with Gasteiger partial charge in [-0.3, -0.25) is 0 Å². The Morgan fingerprint density at radius 1 is 1.10 bits per heavy atom. The lowest BCUT2D eigenvalue weighted by Gasteiger charge is -2.22. The first-order valence-electron chi connectivity index (χ1n) is 9.25. The predicted octanol–water partition coefficient (Wildman–Crippen LogP) is 3.81. The summed E-state index contributed by atoms with van der Waals surface area (Å²) in [5.41, 5.74) is 1.34. The quantitative estimate of drug-likeness (QED) is 0.701. The Bertz CT molecular complexity index is 1030. The van der Waals surface area contributed by atoms with E-state index in [-0.39, 0.29) is 18.9 Å². The van der Waals surface area contributed by atoms with Crippen molar-refractivity contribution in [1.82, 2.24) is 19.7 Å². The Morgan fingerprint density at radius 3 is 2.66 bits per heavy atom. The first-order valence-corrected chi connectivity index (χ1v) is 9.25. The van der Waals surface area contributed by atoms with Crippen molar-refractivity contribution < 1.29 is 14.6 Å². The van der Waals surface area contributed by atoms with Crippen molar-refractivity contribution in [3.8, 4) is 5.69 Å². The number of hydrogen-bond donors (Lipinski definition) is 1. The second kappa shape index (κ2) is 7.75. The van der Waals surface area contributed by atoms with Gasteiger partial charge in [-0.15, -0.1) is 5.10 Å². The van der Waals surface area contributed by atoms with Crippen molar-refractivity contribution in [2.24, 2.45) is 0 Å². The third-order valence-electron chi connectivity index (χ3n) is 5.05. The second-order valence-electron chi connectivity index (χ2n) is 7.28. The van der Waals surface area contributed by atoms with Gasteiger partial charge in [-0.05, 0) is 50.8 Å². The summed E-state index contributed by atoms with van der Waals surface area (Å²) >= 11 is 0. The highest BCUT2D eigenvalue weighted by molar-refractivity contribution is 5.62. The summed E-state index contributed by atoms with van der Waals surface area (Å²) in [4.78, 5) is 8.39. The number of aromatic nitrogens is 3. The number of hydrogen-bond acceptors (Lipinski definition) is 5. The van der Waals surface area contributed by atoms with Crippen LogP contribution in [-0.2, 0) is 0 Å². The molecular weight excluding hydrogens is 381 g/mol. The first-order chi connectivity index (χ1) is 13.9. The van der Waals surface area contributed by atoms with Gasteiger partial charge in [-0.25, -0.2) is 17.9 Å². The van der Waals surface area contributed by atoms with Crippen LogP contribution in [0.4, 0.5) is 30.5 Å². The molecule has 6 nitrogen and oxygen atoms in total. The predicted molar refractivity (Wildman–Crippen MR) is 107 cm³/mol. The number of rotatable bonds is 5. The normalized spacial score (nSPS) is 16.6. The van der Waals surface area contributed by atoms with E-state index in [0.717, 1.165) is 37.3 Å². The minimum Gasteiger partial charge on any atom is -0.370 e. The minimum absolute atomic E-state index is 0. The molecule has 4 rings (SSSR count). The standard InChI is InChI=1S/C20H21F3N6.H2/c1-27(2)16-5-6-28(11-16)17-8-14(22)7-15(10-17)25-20-24-12-29(26-20)19-4-3-13(21)9-18(19)23;/h3-4,7-10,12,16H,5-6,11H2,1-2H3,(H,25,26);1H. The fourth-order valence-electron chi connectivity index (χ4n) is 3.46. The van der Waals surface area contributed by atoms with E-state index >= 15 is 0 Å². The molecule has 154 valence electrons. The van der Waals surface area contributed by atoms with Gasteiger partial charge in [0.2, 0.25) is 5.95 Å². The maximum absolute atomic E-state index is 14.2. The zero-order valence-corrected chi connectivity index (χ0v) is 16.1. The third-order valence-corrected chi connectivity index (χ3v) is 5.05. The molecule has 1 atom stereocenters. The molecule has 1 aliphatic rings. The highest BCUT2D eigenvalue weighted by Gasteiger charge is 2.24. The summed E-state index contributed by atoms with van der Waals surface area (Å²) in [5, 5.41) is 7.09. The van der Waals surface area contributed by atoms with E-state index in [0.29, 0.717) is 11.7 Å². The molecule has 2 heterocycles. The van der Waals surface area contributed by atoms with Crippen LogP contribution in [0.15, 0.2) is 42.7 Å². The first kappa shape index (κ1) is 19.3. The van der Waals surface area contributed by atoms with Crippen LogP contribution in [0.1, 0.15) is 7.85 Å². The largest absolute Gasteiger partial charge is 0.370 e. The number of likely N-dealkylation sites (N-methyl/N-ethyl adjacent to an activating group) is 1. The van der Waals surface area contributed by atoms with Crippen LogP contribution in [0.3, 0.4) is 0 Å². The molecule has 1 N–H and O–H groups in total. The summed E-state index contributed by atoms with van der Waals surface area (Å²) in [6.45, 7) is 1.68. The number of benzene rings is 2. The lowest BCUT2D eigenvalue weighted by molar-refractivity contribution is 0.315. The molecule has 0 aliphatic carbocycles. The van der Waals surface area contributed by atoms with Crippen molar-refractivity contribution in [2.75, 3.05) is 37.4 Å². The van der Waals surface area contributed by atoms with Gasteiger partial charge >= 0.3 is 0 Å². The minimum atomic E-state index is -0.751. The van der Waals surface area contributed by atoms with Crippen LogP contribution >= 0.6 is 0 Å². The summed E-state index contributed by atoms with van der Waals surface area (Å²) in [7, 11) is 4.08. The van der Waals surface area contributed by atoms with Gasteiger partial charge in [0.1, 0.15) is 23.6 Å². The molecule has 1 saturated heterocycles. The Morgan fingerprint density at radius 2 is 1.93 bits per heavy atom. The SMILES string of the molecule is CN(C)C1CCN(c2cc(F)cc(Nc3ncn(-c4ccc(F)cc4F)n3)c2)C1.[HH]. The van der Waals surface area contributed by atoms with Gasteiger partial charge in [-0.1, -0.05) is 0 Å². The molecule has 0 spiro atoms. The smallest absolute Gasteiger partial charge is 0.246 e. The van der Waals surface area contributed by atoms with E-state index in [1.165, 1.54) is 29.2 Å². The Hall–Kier alpha value is -3.07. The fourth-order valence-corrected chi connectivity index (χ4v) is 3.46. The highest BCUT2D eigenvalue weighted by atomic mass is 19.1. The number of halogens is 3. The van der Waals surface area contributed by atoms with Crippen molar-refractivity contribution in [2.45, 2.75) is 12.5 Å². The zero-order chi connectivity index (χ0) is 20.5. The Labute approximate surface area is 168 Å². The second-order valence-corrected chi connectivity index (χ2v) is 7.28. The Kier molecular flexibility index (Phi) is 5.14. The van der Waals surface area contributed by atoms with Crippen LogP contribution in [0, 0.1) is 17.5 Å². The van der Waals surface area contributed by atoms with E-state index in [9.17, 15) is 13.2 Å². The van der Waals surface area contributed by atoms with Crippen molar-refractivity contribution in [3.63, 3.8) is 0 Å². The van der Waals surface area contributed by atoms with Crippen LogP contribution in [0.2, 0.25) is 0 Å². The number of nitrogens with zero attached hydrogens (tertiary/aromatic N) is 5. The molecule has 1 fully saturated rings. The summed E-state index contributed by atoms with van der Waals surface area (Å²) in [6.07, 6.45) is 2.32. The van der Waals surface area contributed by atoms with Gasteiger partial charge in [0.15, 0.2) is 5.82 Å². The number of anilines is 3. The molecule has 1 aromatic heterocycles. The maximum atomic E-state index is 14.2.